The SMILES string of the molecule is CCCCOc1ccc(-c2csc(C)n2)cc1N. The van der Waals surface area contributed by atoms with Crippen LogP contribution in [0.1, 0.15) is 24.8 Å². The number of hydrogen-bond acceptors (Lipinski definition) is 4. The number of anilines is 1. The van der Waals surface area contributed by atoms with Gasteiger partial charge in [0.2, 0.25) is 0 Å². The Kier molecular flexibility index (Phi) is 4.20. The van der Waals surface area contributed by atoms with Crippen LogP contribution in [0.5, 0.6) is 5.75 Å². The summed E-state index contributed by atoms with van der Waals surface area (Å²) >= 11 is 1.64. The lowest BCUT2D eigenvalue weighted by Crippen LogP contribution is -2.00. The molecule has 4 heteroatoms. The van der Waals surface area contributed by atoms with Crippen LogP contribution in [0.15, 0.2) is 23.6 Å². The van der Waals surface area contributed by atoms with Crippen molar-refractivity contribution in [3.63, 3.8) is 0 Å². The Hall–Kier alpha value is -1.55. The largest absolute Gasteiger partial charge is 0.491 e. The number of nitrogen functional groups attached to an aromatic ring is 1. The third kappa shape index (κ3) is 3.01. The van der Waals surface area contributed by atoms with Crippen LogP contribution >= 0.6 is 11.3 Å². The lowest BCUT2D eigenvalue weighted by atomic mass is 10.1. The molecule has 1 aromatic carbocycles. The molecule has 0 atom stereocenters. The van der Waals surface area contributed by atoms with Crippen molar-refractivity contribution in [1.29, 1.82) is 0 Å². The second-order valence-corrected chi connectivity index (χ2v) is 5.27. The van der Waals surface area contributed by atoms with Gasteiger partial charge in [0.1, 0.15) is 5.75 Å². The summed E-state index contributed by atoms with van der Waals surface area (Å²) in [5, 5.41) is 3.11. The number of aromatic nitrogens is 1. The normalized spacial score (nSPS) is 10.6. The molecule has 0 spiro atoms. The first kappa shape index (κ1) is 12.9. The summed E-state index contributed by atoms with van der Waals surface area (Å²) in [6.45, 7) is 4.86. The third-order valence-corrected chi connectivity index (χ3v) is 3.45. The zero-order valence-corrected chi connectivity index (χ0v) is 11.6. The van der Waals surface area contributed by atoms with Crippen LogP contribution in [0.4, 0.5) is 5.69 Å². The van der Waals surface area contributed by atoms with E-state index < -0.39 is 0 Å². The maximum atomic E-state index is 6.00. The fourth-order valence-electron chi connectivity index (χ4n) is 1.66. The molecule has 2 aromatic rings. The first-order valence-corrected chi connectivity index (χ1v) is 7.03. The number of rotatable bonds is 5. The molecular formula is C14H18N2OS. The van der Waals surface area contributed by atoms with Gasteiger partial charge in [0.25, 0.3) is 0 Å². The Bertz CT molecular complexity index is 522. The predicted molar refractivity (Wildman–Crippen MR) is 77.1 cm³/mol. The molecule has 0 saturated carbocycles. The molecule has 0 aliphatic rings. The molecular weight excluding hydrogens is 244 g/mol. The molecule has 0 saturated heterocycles. The van der Waals surface area contributed by atoms with Crippen LogP contribution in [0.25, 0.3) is 11.3 Å². The van der Waals surface area contributed by atoms with E-state index in [1.54, 1.807) is 11.3 Å². The molecule has 0 radical (unpaired) electrons. The van der Waals surface area contributed by atoms with Crippen LogP contribution in [0, 0.1) is 6.92 Å². The summed E-state index contributed by atoms with van der Waals surface area (Å²) in [5.74, 6) is 0.763. The van der Waals surface area contributed by atoms with Crippen molar-refractivity contribution >= 4 is 17.0 Å². The molecule has 3 nitrogen and oxygen atoms in total. The van der Waals surface area contributed by atoms with Crippen molar-refractivity contribution in [2.45, 2.75) is 26.7 Å². The number of nitrogens with zero attached hydrogens (tertiary/aromatic N) is 1. The summed E-state index contributed by atoms with van der Waals surface area (Å²) in [6, 6.07) is 5.86. The van der Waals surface area contributed by atoms with Gasteiger partial charge in [-0.3, -0.25) is 0 Å². The van der Waals surface area contributed by atoms with Gasteiger partial charge in [-0.25, -0.2) is 4.98 Å². The zero-order valence-electron chi connectivity index (χ0n) is 10.8. The lowest BCUT2D eigenvalue weighted by molar-refractivity contribution is 0.311. The number of hydrogen-bond donors (Lipinski definition) is 1. The van der Waals surface area contributed by atoms with Crippen molar-refractivity contribution in [3.8, 4) is 17.0 Å². The summed E-state index contributed by atoms with van der Waals surface area (Å²) in [5.41, 5.74) is 8.69. The average molecular weight is 262 g/mol. The van der Waals surface area contributed by atoms with Gasteiger partial charge < -0.3 is 10.5 Å². The fraction of sp³-hybridized carbons (Fsp3) is 0.357. The van der Waals surface area contributed by atoms with Crippen molar-refractivity contribution in [1.82, 2.24) is 4.98 Å². The fourth-order valence-corrected chi connectivity index (χ4v) is 2.28. The van der Waals surface area contributed by atoms with Gasteiger partial charge in [-0.05, 0) is 31.5 Å². The molecule has 2 rings (SSSR count). The second-order valence-electron chi connectivity index (χ2n) is 4.21. The minimum atomic E-state index is 0.675. The molecule has 18 heavy (non-hydrogen) atoms. The van der Waals surface area contributed by atoms with E-state index in [9.17, 15) is 0 Å². The molecule has 1 heterocycles. The highest BCUT2D eigenvalue weighted by Gasteiger charge is 2.06. The first-order chi connectivity index (χ1) is 8.70. The Balaban J connectivity index is 2.14. The lowest BCUT2D eigenvalue weighted by Gasteiger charge is -2.09. The highest BCUT2D eigenvalue weighted by molar-refractivity contribution is 7.09. The van der Waals surface area contributed by atoms with E-state index in [0.29, 0.717) is 5.69 Å². The minimum absolute atomic E-state index is 0.675. The molecule has 0 bridgehead atoms. The predicted octanol–water partition coefficient (Wildman–Crippen LogP) is 3.88. The van der Waals surface area contributed by atoms with Crippen molar-refractivity contribution in [3.05, 3.63) is 28.6 Å². The van der Waals surface area contributed by atoms with Crippen LogP contribution in [0.2, 0.25) is 0 Å². The van der Waals surface area contributed by atoms with E-state index in [-0.39, 0.29) is 0 Å². The monoisotopic (exact) mass is 262 g/mol. The van der Waals surface area contributed by atoms with Crippen LogP contribution in [0.3, 0.4) is 0 Å². The summed E-state index contributed by atoms with van der Waals surface area (Å²) in [7, 11) is 0. The van der Waals surface area contributed by atoms with Crippen molar-refractivity contribution in [2.75, 3.05) is 12.3 Å². The van der Waals surface area contributed by atoms with E-state index in [2.05, 4.69) is 11.9 Å². The minimum Gasteiger partial charge on any atom is -0.491 e. The topological polar surface area (TPSA) is 48.1 Å². The Morgan fingerprint density at radius 3 is 2.83 bits per heavy atom. The zero-order chi connectivity index (χ0) is 13.0. The summed E-state index contributed by atoms with van der Waals surface area (Å²) in [6.07, 6.45) is 2.17. The summed E-state index contributed by atoms with van der Waals surface area (Å²) < 4.78 is 5.63. The van der Waals surface area contributed by atoms with Gasteiger partial charge >= 0.3 is 0 Å². The second kappa shape index (κ2) is 5.87. The summed E-state index contributed by atoms with van der Waals surface area (Å²) in [4.78, 5) is 4.45. The standard InChI is InChI=1S/C14H18N2OS/c1-3-4-7-17-14-6-5-11(8-12(14)15)13-9-18-10(2)16-13/h5-6,8-9H,3-4,7,15H2,1-2H3. The molecule has 0 aliphatic heterocycles. The van der Waals surface area contributed by atoms with Crippen LogP contribution in [-0.2, 0) is 0 Å². The van der Waals surface area contributed by atoms with Gasteiger partial charge in [0.05, 0.1) is 23.0 Å². The number of aryl methyl sites for hydroxylation is 1. The van der Waals surface area contributed by atoms with Gasteiger partial charge in [0, 0.05) is 10.9 Å². The van der Waals surface area contributed by atoms with Gasteiger partial charge in [-0.1, -0.05) is 13.3 Å². The molecule has 0 unspecified atom stereocenters. The third-order valence-electron chi connectivity index (χ3n) is 2.68. The van der Waals surface area contributed by atoms with Crippen LogP contribution < -0.4 is 10.5 Å². The molecule has 0 fully saturated rings. The van der Waals surface area contributed by atoms with Crippen LogP contribution in [-0.4, -0.2) is 11.6 Å². The first-order valence-electron chi connectivity index (χ1n) is 6.15. The maximum Gasteiger partial charge on any atom is 0.142 e. The number of benzene rings is 1. The molecule has 0 amide bonds. The van der Waals surface area contributed by atoms with E-state index >= 15 is 0 Å². The molecule has 2 N–H and O–H groups in total. The Morgan fingerprint density at radius 1 is 1.39 bits per heavy atom. The molecule has 0 aliphatic carbocycles. The molecule has 1 aromatic heterocycles. The van der Waals surface area contributed by atoms with Gasteiger partial charge in [-0.2, -0.15) is 0 Å². The van der Waals surface area contributed by atoms with E-state index in [1.165, 1.54) is 0 Å². The van der Waals surface area contributed by atoms with Crippen molar-refractivity contribution < 1.29 is 4.74 Å². The Labute approximate surface area is 112 Å². The Morgan fingerprint density at radius 2 is 2.22 bits per heavy atom. The van der Waals surface area contributed by atoms with E-state index in [0.717, 1.165) is 41.5 Å². The highest BCUT2D eigenvalue weighted by atomic mass is 32.1. The maximum absolute atomic E-state index is 6.00. The number of ether oxygens (including phenoxy) is 1. The quantitative estimate of drug-likeness (QED) is 0.657. The van der Waals surface area contributed by atoms with Gasteiger partial charge in [0.15, 0.2) is 0 Å². The van der Waals surface area contributed by atoms with Gasteiger partial charge in [-0.15, -0.1) is 11.3 Å². The smallest absolute Gasteiger partial charge is 0.142 e. The van der Waals surface area contributed by atoms with E-state index in [1.807, 2.05) is 30.5 Å². The average Bonchev–Trinajstić information content (AvgIpc) is 2.78. The number of nitrogens with two attached hydrogens (primary N) is 1. The number of thiazole rings is 1. The highest BCUT2D eigenvalue weighted by Crippen LogP contribution is 2.29. The number of unbranched alkanes of at least 4 members (excludes halogenated alkanes) is 1. The van der Waals surface area contributed by atoms with Crippen molar-refractivity contribution in [2.24, 2.45) is 0 Å². The molecule has 96 valence electrons. The van der Waals surface area contributed by atoms with E-state index in [4.69, 9.17) is 10.5 Å².